The number of hydrogen-bond donors (Lipinski definition) is 4. The molecule has 0 aliphatic rings. The summed E-state index contributed by atoms with van der Waals surface area (Å²) in [6.45, 7) is 1.35. The fourth-order valence-electron chi connectivity index (χ4n) is 1.35. The van der Waals surface area contributed by atoms with Gasteiger partial charge in [-0.1, -0.05) is 0 Å². The molecule has 0 aromatic heterocycles. The molecule has 4 N–H and O–H groups in total. The van der Waals surface area contributed by atoms with Crippen LogP contribution in [-0.2, 0) is 10.1 Å². The average molecular weight is 261 g/mol. The zero-order valence-corrected chi connectivity index (χ0v) is 10.1. The van der Waals surface area contributed by atoms with E-state index >= 15 is 0 Å². The van der Waals surface area contributed by atoms with Gasteiger partial charge in [0.1, 0.15) is 0 Å². The summed E-state index contributed by atoms with van der Waals surface area (Å²) < 4.78 is 30.8. The highest BCUT2D eigenvalue weighted by molar-refractivity contribution is 7.85. The second kappa shape index (κ2) is 5.46. The Balaban J connectivity index is 2.83. The van der Waals surface area contributed by atoms with Crippen LogP contribution in [0.25, 0.3) is 0 Å². The van der Waals surface area contributed by atoms with E-state index in [1.165, 1.54) is 18.2 Å². The van der Waals surface area contributed by atoms with Gasteiger partial charge in [-0.25, -0.2) is 0 Å². The van der Waals surface area contributed by atoms with Crippen molar-refractivity contribution in [2.75, 3.05) is 18.5 Å². The molecule has 0 saturated heterocycles. The first-order valence-electron chi connectivity index (χ1n) is 4.95. The molecule has 96 valence electrons. The Morgan fingerprint density at radius 3 is 2.53 bits per heavy atom. The van der Waals surface area contributed by atoms with E-state index < -0.39 is 16.2 Å². The van der Waals surface area contributed by atoms with Gasteiger partial charge in [0.05, 0.1) is 17.6 Å². The number of anilines is 1. The first-order valence-corrected chi connectivity index (χ1v) is 6.39. The van der Waals surface area contributed by atoms with Crippen LogP contribution in [-0.4, -0.2) is 42.4 Å². The molecular formula is C10H15NO5S. The van der Waals surface area contributed by atoms with E-state index in [9.17, 15) is 8.42 Å². The summed E-state index contributed by atoms with van der Waals surface area (Å²) in [5.74, 6) is 0. The molecule has 7 heteroatoms. The van der Waals surface area contributed by atoms with E-state index in [2.05, 4.69) is 5.32 Å². The van der Waals surface area contributed by atoms with Gasteiger partial charge in [0.25, 0.3) is 10.1 Å². The summed E-state index contributed by atoms with van der Waals surface area (Å²) in [7, 11) is -4.20. The van der Waals surface area contributed by atoms with Crippen molar-refractivity contribution in [2.24, 2.45) is 0 Å². The molecule has 0 bridgehead atoms. The Kier molecular flexibility index (Phi) is 4.47. The Hall–Kier alpha value is -1.15. The zero-order valence-electron chi connectivity index (χ0n) is 9.29. The van der Waals surface area contributed by atoms with E-state index in [4.69, 9.17) is 14.8 Å². The number of rotatable bonds is 5. The highest BCUT2D eigenvalue weighted by Crippen LogP contribution is 2.19. The summed E-state index contributed by atoms with van der Waals surface area (Å²) >= 11 is 0. The van der Waals surface area contributed by atoms with Crippen molar-refractivity contribution in [1.29, 1.82) is 0 Å². The Bertz CT molecular complexity index is 485. The summed E-state index contributed by atoms with van der Waals surface area (Å²) in [5.41, 5.74) is 0.999. The van der Waals surface area contributed by atoms with Crippen LogP contribution in [0.1, 0.15) is 5.56 Å². The quantitative estimate of drug-likeness (QED) is 0.556. The normalized spacial score (nSPS) is 13.4. The molecular weight excluding hydrogens is 246 g/mol. The first-order chi connectivity index (χ1) is 7.84. The number of nitrogens with one attached hydrogen (secondary N) is 1. The van der Waals surface area contributed by atoms with Crippen LogP contribution in [0, 0.1) is 6.92 Å². The molecule has 1 rings (SSSR count). The average Bonchev–Trinajstić information content (AvgIpc) is 2.24. The Morgan fingerprint density at radius 2 is 2.06 bits per heavy atom. The van der Waals surface area contributed by atoms with Gasteiger partial charge in [0.2, 0.25) is 0 Å². The van der Waals surface area contributed by atoms with Gasteiger partial charge in [-0.3, -0.25) is 4.55 Å². The monoisotopic (exact) mass is 261 g/mol. The summed E-state index contributed by atoms with van der Waals surface area (Å²) in [6, 6.07) is 4.28. The maximum absolute atomic E-state index is 10.9. The molecule has 1 aromatic rings. The molecule has 0 spiro atoms. The van der Waals surface area contributed by atoms with Gasteiger partial charge in [-0.15, -0.1) is 0 Å². The van der Waals surface area contributed by atoms with Crippen LogP contribution in [0.5, 0.6) is 0 Å². The van der Waals surface area contributed by atoms with Crippen molar-refractivity contribution in [2.45, 2.75) is 17.9 Å². The molecule has 1 atom stereocenters. The molecule has 0 saturated carbocycles. The third-order valence-electron chi connectivity index (χ3n) is 2.21. The van der Waals surface area contributed by atoms with E-state index in [1.807, 2.05) is 0 Å². The van der Waals surface area contributed by atoms with Crippen LogP contribution < -0.4 is 5.32 Å². The smallest absolute Gasteiger partial charge is 0.294 e. The van der Waals surface area contributed by atoms with Crippen LogP contribution in [0.3, 0.4) is 0 Å². The minimum absolute atomic E-state index is 0.147. The fraction of sp³-hybridized carbons (Fsp3) is 0.400. The highest BCUT2D eigenvalue weighted by Gasteiger charge is 2.13. The van der Waals surface area contributed by atoms with Gasteiger partial charge in [0.15, 0.2) is 0 Å². The second-order valence-electron chi connectivity index (χ2n) is 3.67. The number of hydrogen-bond acceptors (Lipinski definition) is 5. The molecule has 0 amide bonds. The van der Waals surface area contributed by atoms with Gasteiger partial charge < -0.3 is 15.5 Å². The minimum atomic E-state index is -4.20. The van der Waals surface area contributed by atoms with Gasteiger partial charge in [-0.2, -0.15) is 8.42 Å². The number of aryl methyl sites for hydroxylation is 1. The van der Waals surface area contributed by atoms with Crippen molar-refractivity contribution in [3.05, 3.63) is 23.8 Å². The maximum atomic E-state index is 10.9. The third-order valence-corrected chi connectivity index (χ3v) is 3.22. The van der Waals surface area contributed by atoms with Crippen molar-refractivity contribution < 1.29 is 23.2 Å². The van der Waals surface area contributed by atoms with Crippen LogP contribution in [0.4, 0.5) is 5.69 Å². The molecule has 1 aromatic carbocycles. The summed E-state index contributed by atoms with van der Waals surface area (Å²) in [5, 5.41) is 20.6. The second-order valence-corrected chi connectivity index (χ2v) is 5.06. The van der Waals surface area contributed by atoms with Crippen LogP contribution >= 0.6 is 0 Å². The van der Waals surface area contributed by atoms with Crippen LogP contribution in [0.15, 0.2) is 23.1 Å². The molecule has 1 unspecified atom stereocenters. The first kappa shape index (κ1) is 13.9. The predicted molar refractivity (Wildman–Crippen MR) is 62.6 cm³/mol. The van der Waals surface area contributed by atoms with Crippen molar-refractivity contribution in [3.63, 3.8) is 0 Å². The lowest BCUT2D eigenvalue weighted by molar-refractivity contribution is 0.105. The maximum Gasteiger partial charge on any atom is 0.294 e. The predicted octanol–water partition coefficient (Wildman–Crippen LogP) is 0.00682. The topological polar surface area (TPSA) is 107 Å². The molecule has 6 nitrogen and oxygen atoms in total. The number of aliphatic hydroxyl groups is 2. The fourth-order valence-corrected chi connectivity index (χ4v) is 2.05. The third kappa shape index (κ3) is 3.97. The lowest BCUT2D eigenvalue weighted by Crippen LogP contribution is -2.23. The number of aliphatic hydroxyl groups excluding tert-OH is 2. The lowest BCUT2D eigenvalue weighted by atomic mass is 10.2. The van der Waals surface area contributed by atoms with Crippen molar-refractivity contribution in [3.8, 4) is 0 Å². The Labute approximate surface area is 99.7 Å². The SMILES string of the molecule is Cc1cc(NCC(O)CO)ccc1S(=O)(=O)O. The van der Waals surface area contributed by atoms with Crippen molar-refractivity contribution >= 4 is 15.8 Å². The van der Waals surface area contributed by atoms with E-state index in [0.717, 1.165) is 0 Å². The van der Waals surface area contributed by atoms with E-state index in [0.29, 0.717) is 11.3 Å². The molecule has 17 heavy (non-hydrogen) atoms. The largest absolute Gasteiger partial charge is 0.394 e. The summed E-state index contributed by atoms with van der Waals surface area (Å²) in [4.78, 5) is -0.147. The molecule has 0 heterocycles. The summed E-state index contributed by atoms with van der Waals surface area (Å²) in [6.07, 6.45) is -0.878. The highest BCUT2D eigenvalue weighted by atomic mass is 32.2. The minimum Gasteiger partial charge on any atom is -0.394 e. The number of benzene rings is 1. The Morgan fingerprint density at radius 1 is 1.41 bits per heavy atom. The van der Waals surface area contributed by atoms with Gasteiger partial charge in [0, 0.05) is 12.2 Å². The lowest BCUT2D eigenvalue weighted by Gasteiger charge is -2.11. The van der Waals surface area contributed by atoms with Gasteiger partial charge >= 0.3 is 0 Å². The molecule has 0 aliphatic carbocycles. The van der Waals surface area contributed by atoms with Crippen LogP contribution in [0.2, 0.25) is 0 Å². The zero-order chi connectivity index (χ0) is 13.1. The van der Waals surface area contributed by atoms with Gasteiger partial charge in [-0.05, 0) is 30.7 Å². The molecule has 0 aliphatic heterocycles. The molecule has 0 fully saturated rings. The van der Waals surface area contributed by atoms with E-state index in [-0.39, 0.29) is 18.0 Å². The van der Waals surface area contributed by atoms with Crippen molar-refractivity contribution in [1.82, 2.24) is 0 Å². The standard InChI is InChI=1S/C10H15NO5S/c1-7-4-8(11-5-9(13)6-12)2-3-10(7)17(14,15)16/h2-4,9,11-13H,5-6H2,1H3,(H,14,15,16). The molecule has 0 radical (unpaired) electrons. The van der Waals surface area contributed by atoms with E-state index in [1.54, 1.807) is 6.92 Å².